The van der Waals surface area contributed by atoms with Crippen LogP contribution in [0.2, 0.25) is 0 Å². The third-order valence-corrected chi connectivity index (χ3v) is 4.43. The second-order valence-electron chi connectivity index (χ2n) is 4.94. The number of likely N-dealkylation sites (tertiary alicyclic amines) is 1. The maximum Gasteiger partial charge on any atom is 0.205 e. The van der Waals surface area contributed by atoms with E-state index in [-0.39, 0.29) is 0 Å². The fraction of sp³-hybridized carbons (Fsp3) is 0.818. The van der Waals surface area contributed by atoms with Crippen molar-refractivity contribution in [1.29, 1.82) is 0 Å². The van der Waals surface area contributed by atoms with Gasteiger partial charge >= 0.3 is 0 Å². The molecule has 1 aromatic rings. The van der Waals surface area contributed by atoms with Crippen LogP contribution in [0.5, 0.6) is 0 Å². The van der Waals surface area contributed by atoms with Gasteiger partial charge in [0.2, 0.25) is 5.13 Å². The summed E-state index contributed by atoms with van der Waals surface area (Å²) in [6.45, 7) is 2.37. The first kappa shape index (κ1) is 10.5. The molecule has 1 N–H and O–H groups in total. The van der Waals surface area contributed by atoms with Crippen molar-refractivity contribution >= 4 is 16.5 Å². The second kappa shape index (κ2) is 4.30. The standard InChI is InChI=1S/C11H18N4S/c1-15-6-4-9(5-7-15)12-11-14-13-10(16-11)8-2-3-8/h8-9H,2-7H2,1H3,(H,12,14). The summed E-state index contributed by atoms with van der Waals surface area (Å²) in [5, 5.41) is 14.3. The van der Waals surface area contributed by atoms with Crippen molar-refractivity contribution in [2.24, 2.45) is 0 Å². The van der Waals surface area contributed by atoms with E-state index in [0.717, 1.165) is 11.0 Å². The molecule has 1 saturated carbocycles. The molecule has 1 saturated heterocycles. The van der Waals surface area contributed by atoms with Crippen LogP contribution in [0.4, 0.5) is 5.13 Å². The Hall–Kier alpha value is -0.680. The Morgan fingerprint density at radius 1 is 1.19 bits per heavy atom. The van der Waals surface area contributed by atoms with E-state index >= 15 is 0 Å². The van der Waals surface area contributed by atoms with Gasteiger partial charge in [0.1, 0.15) is 5.01 Å². The summed E-state index contributed by atoms with van der Waals surface area (Å²) in [6, 6.07) is 0.594. The monoisotopic (exact) mass is 238 g/mol. The highest BCUT2D eigenvalue weighted by Crippen LogP contribution is 2.42. The van der Waals surface area contributed by atoms with Crippen LogP contribution in [0.15, 0.2) is 0 Å². The fourth-order valence-corrected chi connectivity index (χ4v) is 3.11. The molecule has 0 bridgehead atoms. The zero-order chi connectivity index (χ0) is 11.0. The molecular formula is C11H18N4S. The summed E-state index contributed by atoms with van der Waals surface area (Å²) < 4.78 is 0. The predicted octanol–water partition coefficient (Wildman–Crippen LogP) is 1.92. The smallest absolute Gasteiger partial charge is 0.205 e. The first-order valence-electron chi connectivity index (χ1n) is 6.10. The highest BCUT2D eigenvalue weighted by atomic mass is 32.1. The van der Waals surface area contributed by atoms with Gasteiger partial charge in [-0.15, -0.1) is 10.2 Å². The Labute approximate surface area is 100 Å². The Morgan fingerprint density at radius 3 is 2.62 bits per heavy atom. The summed E-state index contributed by atoms with van der Waals surface area (Å²) in [4.78, 5) is 2.38. The van der Waals surface area contributed by atoms with Gasteiger partial charge < -0.3 is 10.2 Å². The van der Waals surface area contributed by atoms with Gasteiger partial charge in [-0.25, -0.2) is 0 Å². The van der Waals surface area contributed by atoms with E-state index in [9.17, 15) is 0 Å². The molecule has 0 amide bonds. The molecule has 0 radical (unpaired) electrons. The number of nitrogens with one attached hydrogen (secondary N) is 1. The minimum absolute atomic E-state index is 0.594. The lowest BCUT2D eigenvalue weighted by atomic mass is 10.1. The molecule has 0 atom stereocenters. The number of rotatable bonds is 3. The van der Waals surface area contributed by atoms with Crippen LogP contribution in [-0.4, -0.2) is 41.3 Å². The Kier molecular flexibility index (Phi) is 2.81. The lowest BCUT2D eigenvalue weighted by Gasteiger charge is -2.29. The van der Waals surface area contributed by atoms with Crippen LogP contribution in [-0.2, 0) is 0 Å². The first-order valence-corrected chi connectivity index (χ1v) is 6.91. The number of anilines is 1. The van der Waals surface area contributed by atoms with Crippen molar-refractivity contribution in [3.05, 3.63) is 5.01 Å². The van der Waals surface area contributed by atoms with Gasteiger partial charge in [-0.1, -0.05) is 11.3 Å². The van der Waals surface area contributed by atoms with Crippen molar-refractivity contribution in [2.75, 3.05) is 25.5 Å². The van der Waals surface area contributed by atoms with Crippen LogP contribution in [0.1, 0.15) is 36.6 Å². The summed E-state index contributed by atoms with van der Waals surface area (Å²) in [6.07, 6.45) is 5.05. The molecule has 88 valence electrons. The van der Waals surface area contributed by atoms with E-state index in [4.69, 9.17) is 0 Å². The fourth-order valence-electron chi connectivity index (χ4n) is 2.12. The minimum Gasteiger partial charge on any atom is -0.357 e. The molecule has 0 unspecified atom stereocenters. The van der Waals surface area contributed by atoms with Crippen molar-refractivity contribution in [1.82, 2.24) is 15.1 Å². The van der Waals surface area contributed by atoms with Crippen LogP contribution < -0.4 is 5.32 Å². The van der Waals surface area contributed by atoms with Gasteiger partial charge in [0.25, 0.3) is 0 Å². The normalized spacial score (nSPS) is 23.6. The quantitative estimate of drug-likeness (QED) is 0.873. The van der Waals surface area contributed by atoms with E-state index in [1.165, 1.54) is 43.8 Å². The average Bonchev–Trinajstić information content (AvgIpc) is 3.04. The highest BCUT2D eigenvalue weighted by Gasteiger charge is 2.28. The molecule has 1 aromatic heterocycles. The van der Waals surface area contributed by atoms with Crippen LogP contribution >= 0.6 is 11.3 Å². The maximum absolute atomic E-state index is 4.25. The lowest BCUT2D eigenvalue weighted by Crippen LogP contribution is -2.36. The molecule has 2 fully saturated rings. The number of hydrogen-bond acceptors (Lipinski definition) is 5. The second-order valence-corrected chi connectivity index (χ2v) is 5.95. The Balaban J connectivity index is 1.56. The van der Waals surface area contributed by atoms with Gasteiger partial charge in [0, 0.05) is 12.0 Å². The van der Waals surface area contributed by atoms with E-state index in [1.807, 2.05) is 0 Å². The topological polar surface area (TPSA) is 41.0 Å². The van der Waals surface area contributed by atoms with E-state index < -0.39 is 0 Å². The predicted molar refractivity (Wildman–Crippen MR) is 66.0 cm³/mol. The van der Waals surface area contributed by atoms with E-state index in [1.54, 1.807) is 11.3 Å². The SMILES string of the molecule is CN1CCC(Nc2nnc(C3CC3)s2)CC1. The molecule has 0 spiro atoms. The van der Waals surface area contributed by atoms with Crippen LogP contribution in [0.3, 0.4) is 0 Å². The van der Waals surface area contributed by atoms with Crippen LogP contribution in [0.25, 0.3) is 0 Å². The molecule has 1 aliphatic carbocycles. The largest absolute Gasteiger partial charge is 0.357 e. The number of piperidine rings is 1. The van der Waals surface area contributed by atoms with E-state index in [2.05, 4.69) is 27.5 Å². The van der Waals surface area contributed by atoms with Crippen molar-refractivity contribution < 1.29 is 0 Å². The molecule has 2 heterocycles. The van der Waals surface area contributed by atoms with Crippen LogP contribution in [0, 0.1) is 0 Å². The third-order valence-electron chi connectivity index (χ3n) is 3.41. The lowest BCUT2D eigenvalue weighted by molar-refractivity contribution is 0.264. The Bertz CT molecular complexity index is 353. The van der Waals surface area contributed by atoms with Gasteiger partial charge in [-0.3, -0.25) is 0 Å². The first-order chi connectivity index (χ1) is 7.81. The van der Waals surface area contributed by atoms with Crippen molar-refractivity contribution in [3.63, 3.8) is 0 Å². The number of aromatic nitrogens is 2. The highest BCUT2D eigenvalue weighted by molar-refractivity contribution is 7.15. The zero-order valence-corrected chi connectivity index (χ0v) is 10.5. The number of nitrogens with zero attached hydrogens (tertiary/aromatic N) is 3. The maximum atomic E-state index is 4.25. The Morgan fingerprint density at radius 2 is 1.94 bits per heavy atom. The van der Waals surface area contributed by atoms with Crippen molar-refractivity contribution in [2.45, 2.75) is 37.6 Å². The summed E-state index contributed by atoms with van der Waals surface area (Å²) in [5.41, 5.74) is 0. The number of hydrogen-bond donors (Lipinski definition) is 1. The molecule has 16 heavy (non-hydrogen) atoms. The zero-order valence-electron chi connectivity index (χ0n) is 9.65. The third kappa shape index (κ3) is 2.35. The summed E-state index contributed by atoms with van der Waals surface area (Å²) >= 11 is 1.75. The van der Waals surface area contributed by atoms with E-state index in [0.29, 0.717) is 6.04 Å². The van der Waals surface area contributed by atoms with Gasteiger partial charge in [-0.05, 0) is 45.8 Å². The van der Waals surface area contributed by atoms with Gasteiger partial charge in [0.05, 0.1) is 0 Å². The van der Waals surface area contributed by atoms with Gasteiger partial charge in [-0.2, -0.15) is 0 Å². The minimum atomic E-state index is 0.594. The summed E-state index contributed by atoms with van der Waals surface area (Å²) in [5.74, 6) is 0.727. The molecule has 0 aromatic carbocycles. The molecule has 4 nitrogen and oxygen atoms in total. The average molecular weight is 238 g/mol. The molecule has 5 heteroatoms. The summed E-state index contributed by atoms with van der Waals surface area (Å²) in [7, 11) is 2.19. The van der Waals surface area contributed by atoms with Gasteiger partial charge in [0.15, 0.2) is 0 Å². The molecule has 1 aliphatic heterocycles. The molecule has 3 rings (SSSR count). The molecule has 2 aliphatic rings. The van der Waals surface area contributed by atoms with Crippen molar-refractivity contribution in [3.8, 4) is 0 Å². The molecular weight excluding hydrogens is 220 g/mol.